The minimum Gasteiger partial charge on any atom is -0.452 e. The van der Waals surface area contributed by atoms with Gasteiger partial charge in [0.15, 0.2) is 0 Å². The summed E-state index contributed by atoms with van der Waals surface area (Å²) in [4.78, 5) is 10.6. The van der Waals surface area contributed by atoms with Crippen LogP contribution in [0.25, 0.3) is 0 Å². The molecule has 0 aliphatic heterocycles. The van der Waals surface area contributed by atoms with Gasteiger partial charge in [0.2, 0.25) is 10.0 Å². The number of amides is 1. The van der Waals surface area contributed by atoms with Crippen molar-refractivity contribution in [3.8, 4) is 0 Å². The van der Waals surface area contributed by atoms with Crippen molar-refractivity contribution in [1.82, 2.24) is 4.72 Å². The van der Waals surface area contributed by atoms with Crippen molar-refractivity contribution < 1.29 is 26.4 Å². The molecule has 112 valence electrons. The number of carbonyl (C=O) groups is 1. The lowest BCUT2D eigenvalue weighted by Crippen LogP contribution is -2.35. The molecule has 0 saturated carbocycles. The number of methoxy groups -OCH3 is 1. The zero-order valence-corrected chi connectivity index (χ0v) is 12.2. The van der Waals surface area contributed by atoms with Crippen molar-refractivity contribution in [3.63, 3.8) is 0 Å². The Bertz CT molecular complexity index is 726. The Morgan fingerprint density at radius 1 is 1.25 bits per heavy atom. The topological polar surface area (TPSA) is 145 Å². The van der Waals surface area contributed by atoms with Crippen LogP contribution < -0.4 is 14.6 Å². The Kier molecular flexibility index (Phi) is 4.57. The molecule has 0 saturated heterocycles. The number of hydrogen-bond acceptors (Lipinski definition) is 6. The predicted molar refractivity (Wildman–Crippen MR) is 70.6 cm³/mol. The summed E-state index contributed by atoms with van der Waals surface area (Å²) in [5.41, 5.74) is 0.403. The molecular weight excluding hydrogens is 310 g/mol. The second-order valence-electron chi connectivity index (χ2n) is 3.72. The number of benzene rings is 1. The lowest BCUT2D eigenvalue weighted by molar-refractivity contribution is 0.177. The highest BCUT2D eigenvalue weighted by Crippen LogP contribution is 2.20. The van der Waals surface area contributed by atoms with Gasteiger partial charge < -0.3 is 4.74 Å². The van der Waals surface area contributed by atoms with Gasteiger partial charge in [-0.05, 0) is 24.6 Å². The van der Waals surface area contributed by atoms with E-state index in [9.17, 15) is 21.6 Å². The van der Waals surface area contributed by atoms with E-state index in [0.29, 0.717) is 5.56 Å². The maximum Gasteiger partial charge on any atom is 0.422 e. The molecule has 0 aliphatic carbocycles. The van der Waals surface area contributed by atoms with Crippen LogP contribution in [0, 0.1) is 6.92 Å². The second kappa shape index (κ2) is 5.64. The third-order valence-electron chi connectivity index (χ3n) is 2.18. The molecule has 20 heavy (non-hydrogen) atoms. The van der Waals surface area contributed by atoms with Crippen LogP contribution in [-0.4, -0.2) is 30.0 Å². The average Bonchev–Trinajstić information content (AvgIpc) is 2.29. The van der Waals surface area contributed by atoms with Crippen molar-refractivity contribution in [2.45, 2.75) is 11.8 Å². The van der Waals surface area contributed by atoms with E-state index < -0.39 is 26.3 Å². The number of hydrogen-bond donors (Lipinski definition) is 3. The molecule has 1 aromatic rings. The number of nitrogens with one attached hydrogen (secondary N) is 2. The Morgan fingerprint density at radius 3 is 2.35 bits per heavy atom. The fourth-order valence-corrected chi connectivity index (χ4v) is 2.61. The standard InChI is InChI=1S/C9H13N3O6S2/c1-6-3-4-7(19(10,14)15)5-8(6)11-20(16,17)12-9(13)18-2/h3-5,11H,1-2H3,(H,12,13)(H2,10,14,15). The van der Waals surface area contributed by atoms with Gasteiger partial charge in [0.25, 0.3) is 0 Å². The number of ether oxygens (including phenoxy) is 1. The van der Waals surface area contributed by atoms with Gasteiger partial charge in [-0.25, -0.2) is 23.1 Å². The molecule has 0 aromatic heterocycles. The minimum absolute atomic E-state index is 0.0343. The molecule has 11 heteroatoms. The van der Waals surface area contributed by atoms with Crippen molar-refractivity contribution in [2.75, 3.05) is 11.8 Å². The molecule has 1 aromatic carbocycles. The predicted octanol–water partition coefficient (Wildman–Crippen LogP) is -0.345. The van der Waals surface area contributed by atoms with Crippen LogP contribution in [0.5, 0.6) is 0 Å². The van der Waals surface area contributed by atoms with Crippen molar-refractivity contribution in [1.29, 1.82) is 0 Å². The Morgan fingerprint density at radius 2 is 1.85 bits per heavy atom. The highest BCUT2D eigenvalue weighted by atomic mass is 32.2. The molecule has 0 fully saturated rings. The summed E-state index contributed by atoms with van der Waals surface area (Å²) in [6.45, 7) is 1.54. The SMILES string of the molecule is COC(=O)NS(=O)(=O)Nc1cc(S(N)(=O)=O)ccc1C. The minimum atomic E-state index is -4.24. The van der Waals surface area contributed by atoms with Gasteiger partial charge in [0.05, 0.1) is 17.7 Å². The molecule has 0 heterocycles. The fourth-order valence-electron chi connectivity index (χ4n) is 1.21. The molecule has 1 amide bonds. The van der Waals surface area contributed by atoms with Crippen LogP contribution in [0.1, 0.15) is 5.56 Å². The molecule has 0 aliphatic rings. The van der Waals surface area contributed by atoms with Crippen LogP contribution in [0.3, 0.4) is 0 Å². The molecular formula is C9H13N3O6S2. The van der Waals surface area contributed by atoms with E-state index in [1.807, 2.05) is 4.72 Å². The third kappa shape index (κ3) is 4.36. The smallest absolute Gasteiger partial charge is 0.422 e. The van der Waals surface area contributed by atoms with Crippen LogP contribution in [0.15, 0.2) is 23.1 Å². The fraction of sp³-hybridized carbons (Fsp3) is 0.222. The number of rotatable bonds is 4. The highest BCUT2D eigenvalue weighted by Gasteiger charge is 2.17. The summed E-state index contributed by atoms with van der Waals surface area (Å²) in [7, 11) is -7.22. The van der Waals surface area contributed by atoms with Gasteiger partial charge in [-0.15, -0.1) is 0 Å². The first-order valence-corrected chi connectivity index (χ1v) is 8.10. The summed E-state index contributed by atoms with van der Waals surface area (Å²) < 4.78 is 53.3. The van der Waals surface area contributed by atoms with E-state index in [4.69, 9.17) is 5.14 Å². The maximum absolute atomic E-state index is 11.6. The van der Waals surface area contributed by atoms with Crippen LogP contribution in [0.4, 0.5) is 10.5 Å². The number of anilines is 1. The normalized spacial score (nSPS) is 11.8. The molecule has 0 unspecified atom stereocenters. The van der Waals surface area contributed by atoms with Crippen LogP contribution in [-0.2, 0) is 25.0 Å². The van der Waals surface area contributed by atoms with Gasteiger partial charge >= 0.3 is 16.3 Å². The van der Waals surface area contributed by atoms with Crippen molar-refractivity contribution in [3.05, 3.63) is 23.8 Å². The molecule has 0 atom stereocenters. The van der Waals surface area contributed by atoms with E-state index in [1.165, 1.54) is 12.1 Å². The van der Waals surface area contributed by atoms with E-state index in [1.54, 1.807) is 11.6 Å². The lowest BCUT2D eigenvalue weighted by Gasteiger charge is -2.11. The van der Waals surface area contributed by atoms with E-state index in [2.05, 4.69) is 4.74 Å². The summed E-state index contributed by atoms with van der Waals surface area (Å²) in [5, 5.41) is 4.95. The molecule has 4 N–H and O–H groups in total. The first-order valence-electron chi connectivity index (χ1n) is 5.07. The van der Waals surface area contributed by atoms with Crippen LogP contribution in [0.2, 0.25) is 0 Å². The largest absolute Gasteiger partial charge is 0.452 e. The Balaban J connectivity index is 3.12. The average molecular weight is 323 g/mol. The Labute approximate surface area is 116 Å². The van der Waals surface area contributed by atoms with Gasteiger partial charge in [0.1, 0.15) is 0 Å². The van der Waals surface area contributed by atoms with Crippen molar-refractivity contribution >= 4 is 32.0 Å². The summed E-state index contributed by atoms with van der Waals surface area (Å²) in [5.74, 6) is 0. The molecule has 9 nitrogen and oxygen atoms in total. The van der Waals surface area contributed by atoms with Gasteiger partial charge in [-0.2, -0.15) is 8.42 Å². The quantitative estimate of drug-likeness (QED) is 0.691. The monoisotopic (exact) mass is 323 g/mol. The van der Waals surface area contributed by atoms with Crippen molar-refractivity contribution in [2.24, 2.45) is 5.14 Å². The number of nitrogens with two attached hydrogens (primary N) is 1. The summed E-state index contributed by atoms with van der Waals surface area (Å²) in [6, 6.07) is 3.65. The molecule has 0 spiro atoms. The van der Waals surface area contributed by atoms with Gasteiger partial charge in [0, 0.05) is 0 Å². The number of sulfonamides is 1. The number of aryl methyl sites for hydroxylation is 1. The maximum atomic E-state index is 11.6. The van der Waals surface area contributed by atoms with E-state index in [0.717, 1.165) is 13.2 Å². The highest BCUT2D eigenvalue weighted by molar-refractivity contribution is 7.91. The molecule has 0 radical (unpaired) electrons. The van der Waals surface area contributed by atoms with Gasteiger partial charge in [-0.1, -0.05) is 6.07 Å². The third-order valence-corrected chi connectivity index (χ3v) is 4.02. The molecule has 0 bridgehead atoms. The van der Waals surface area contributed by atoms with E-state index in [-0.39, 0.29) is 10.6 Å². The molecule has 1 rings (SSSR count). The Hall–Kier alpha value is -1.85. The van der Waals surface area contributed by atoms with E-state index >= 15 is 0 Å². The van der Waals surface area contributed by atoms with Gasteiger partial charge in [-0.3, -0.25) is 4.72 Å². The number of carbonyl (C=O) groups excluding carboxylic acids is 1. The van der Waals surface area contributed by atoms with Crippen LogP contribution >= 0.6 is 0 Å². The zero-order valence-electron chi connectivity index (χ0n) is 10.6. The second-order valence-corrected chi connectivity index (χ2v) is 6.70. The summed E-state index contributed by atoms with van der Waals surface area (Å²) >= 11 is 0. The lowest BCUT2D eigenvalue weighted by atomic mass is 10.2. The first kappa shape index (κ1) is 16.2. The summed E-state index contributed by atoms with van der Waals surface area (Å²) in [6.07, 6.45) is -1.18. The zero-order chi connectivity index (χ0) is 15.6. The number of primary sulfonamides is 1. The first-order chi connectivity index (χ1) is 9.05.